The molecule has 0 aliphatic heterocycles. The molecule has 0 aliphatic carbocycles. The molecule has 0 N–H and O–H groups in total. The van der Waals surface area contributed by atoms with Gasteiger partial charge in [0.05, 0.1) is 0 Å². The lowest BCUT2D eigenvalue weighted by Gasteiger charge is -2.22. The Labute approximate surface area is 137 Å². The summed E-state index contributed by atoms with van der Waals surface area (Å²) in [5.74, 6) is 1.88. The van der Waals surface area contributed by atoms with Crippen LogP contribution < -0.4 is 0 Å². The molecular formula is C18H33BO3. The van der Waals surface area contributed by atoms with E-state index in [1.54, 1.807) is 5.56 Å². The predicted octanol–water partition coefficient (Wildman–Crippen LogP) is 4.97. The van der Waals surface area contributed by atoms with Gasteiger partial charge >= 0.3 is 7.32 Å². The maximum Gasteiger partial charge on any atom is 0.638 e. The Hall–Kier alpha value is -0.835. The van der Waals surface area contributed by atoms with Crippen molar-refractivity contribution in [2.75, 3.05) is 21.3 Å². The second-order valence-electron chi connectivity index (χ2n) is 6.31. The maximum absolute atomic E-state index is 4.60. The van der Waals surface area contributed by atoms with Gasteiger partial charge in [-0.05, 0) is 34.4 Å². The molecule has 0 amide bonds. The van der Waals surface area contributed by atoms with Crippen molar-refractivity contribution in [3.8, 4) is 0 Å². The zero-order chi connectivity index (χ0) is 17.3. The molecule has 1 aromatic rings. The summed E-state index contributed by atoms with van der Waals surface area (Å²) < 4.78 is 13.8. The molecule has 4 heteroatoms. The molecule has 0 radical (unpaired) electrons. The van der Waals surface area contributed by atoms with Gasteiger partial charge in [-0.3, -0.25) is 0 Å². The highest BCUT2D eigenvalue weighted by Crippen LogP contribution is 2.32. The summed E-state index contributed by atoms with van der Waals surface area (Å²) in [4.78, 5) is 0. The van der Waals surface area contributed by atoms with Gasteiger partial charge in [0.25, 0.3) is 0 Å². The Bertz CT molecular complexity index is 381. The van der Waals surface area contributed by atoms with Crippen LogP contribution in [-0.4, -0.2) is 28.7 Å². The van der Waals surface area contributed by atoms with E-state index in [0.717, 1.165) is 0 Å². The zero-order valence-corrected chi connectivity index (χ0v) is 15.8. The second kappa shape index (κ2) is 10.8. The van der Waals surface area contributed by atoms with Crippen molar-refractivity contribution in [3.63, 3.8) is 0 Å². The van der Waals surface area contributed by atoms with Gasteiger partial charge in [-0.15, -0.1) is 0 Å². The minimum absolute atomic E-state index is 0.514. The van der Waals surface area contributed by atoms with Crippen molar-refractivity contribution < 1.29 is 14.0 Å². The van der Waals surface area contributed by atoms with Gasteiger partial charge in [0.2, 0.25) is 0 Å². The van der Waals surface area contributed by atoms with Crippen molar-refractivity contribution >= 4 is 7.32 Å². The number of hydrogen-bond acceptors (Lipinski definition) is 3. The van der Waals surface area contributed by atoms with Gasteiger partial charge in [-0.1, -0.05) is 59.7 Å². The summed E-state index contributed by atoms with van der Waals surface area (Å²) in [6.07, 6.45) is 0. The lowest BCUT2D eigenvalue weighted by Crippen LogP contribution is -2.21. The summed E-state index contributed by atoms with van der Waals surface area (Å²) >= 11 is 0. The zero-order valence-electron chi connectivity index (χ0n) is 15.8. The Balaban J connectivity index is 0.000000534. The first kappa shape index (κ1) is 21.2. The van der Waals surface area contributed by atoms with Crippen LogP contribution >= 0.6 is 0 Å². The monoisotopic (exact) mass is 308 g/mol. The van der Waals surface area contributed by atoms with Crippen molar-refractivity contribution in [2.45, 2.75) is 59.3 Å². The maximum atomic E-state index is 4.60. The van der Waals surface area contributed by atoms with Gasteiger partial charge in [0.1, 0.15) is 0 Å². The van der Waals surface area contributed by atoms with Crippen LogP contribution in [0.1, 0.15) is 76.0 Å². The number of rotatable bonds is 6. The van der Waals surface area contributed by atoms with Crippen LogP contribution in [0.3, 0.4) is 0 Å². The molecule has 0 aliphatic rings. The van der Waals surface area contributed by atoms with E-state index in [4.69, 9.17) is 0 Å². The minimum atomic E-state index is -0.514. The van der Waals surface area contributed by atoms with E-state index >= 15 is 0 Å². The Morgan fingerprint density at radius 1 is 0.682 bits per heavy atom. The molecule has 0 fully saturated rings. The quantitative estimate of drug-likeness (QED) is 0.695. The molecule has 0 heterocycles. The minimum Gasteiger partial charge on any atom is -0.389 e. The fourth-order valence-corrected chi connectivity index (χ4v) is 2.56. The van der Waals surface area contributed by atoms with E-state index in [0.29, 0.717) is 17.8 Å². The molecule has 0 unspecified atom stereocenters. The van der Waals surface area contributed by atoms with Crippen LogP contribution in [0.15, 0.2) is 18.2 Å². The average Bonchev–Trinajstić information content (AvgIpc) is 2.48. The average molecular weight is 308 g/mol. The summed E-state index contributed by atoms with van der Waals surface area (Å²) in [6, 6.07) is 6.77. The molecule has 3 nitrogen and oxygen atoms in total. The van der Waals surface area contributed by atoms with Crippen LogP contribution in [0, 0.1) is 0 Å². The van der Waals surface area contributed by atoms with Gasteiger partial charge in [0, 0.05) is 21.3 Å². The normalized spacial score (nSPS) is 10.9. The van der Waals surface area contributed by atoms with Crippen LogP contribution in [0.5, 0.6) is 0 Å². The highest BCUT2D eigenvalue weighted by Gasteiger charge is 2.15. The van der Waals surface area contributed by atoms with Crippen molar-refractivity contribution in [3.05, 3.63) is 34.9 Å². The molecule has 1 aromatic carbocycles. The molecule has 126 valence electrons. The fraction of sp³-hybridized carbons (Fsp3) is 0.667. The third-order valence-electron chi connectivity index (χ3n) is 3.57. The van der Waals surface area contributed by atoms with Crippen LogP contribution in [0.2, 0.25) is 0 Å². The van der Waals surface area contributed by atoms with E-state index in [2.05, 4.69) is 73.7 Å². The van der Waals surface area contributed by atoms with E-state index in [9.17, 15) is 0 Å². The Morgan fingerprint density at radius 2 is 1.05 bits per heavy atom. The number of benzene rings is 1. The standard InChI is InChI=1S/C15H24.C3H9BO3/c1-10(2)13-8-7-9-14(11(3)4)15(13)12(5)6;1-5-4(6-2)7-3/h7-12H,1-6H3;1-3H3. The largest absolute Gasteiger partial charge is 0.638 e. The van der Waals surface area contributed by atoms with Gasteiger partial charge in [-0.2, -0.15) is 0 Å². The summed E-state index contributed by atoms with van der Waals surface area (Å²) in [6.45, 7) is 13.7. The molecule has 0 saturated heterocycles. The van der Waals surface area contributed by atoms with E-state index in [-0.39, 0.29) is 0 Å². The topological polar surface area (TPSA) is 27.7 Å². The van der Waals surface area contributed by atoms with Gasteiger partial charge in [-0.25, -0.2) is 0 Å². The first-order chi connectivity index (χ1) is 10.3. The highest BCUT2D eigenvalue weighted by atomic mass is 16.7. The van der Waals surface area contributed by atoms with Crippen molar-refractivity contribution in [1.82, 2.24) is 0 Å². The summed E-state index contributed by atoms with van der Waals surface area (Å²) in [5, 5.41) is 0. The Kier molecular flexibility index (Phi) is 10.4. The molecule has 0 aromatic heterocycles. The molecule has 1 rings (SSSR count). The fourth-order valence-electron chi connectivity index (χ4n) is 2.56. The molecule has 0 saturated carbocycles. The van der Waals surface area contributed by atoms with Gasteiger partial charge < -0.3 is 14.0 Å². The van der Waals surface area contributed by atoms with Gasteiger partial charge in [0.15, 0.2) is 0 Å². The second-order valence-corrected chi connectivity index (χ2v) is 6.31. The molecular weight excluding hydrogens is 275 g/mol. The highest BCUT2D eigenvalue weighted by molar-refractivity contribution is 6.36. The molecule has 0 atom stereocenters. The van der Waals surface area contributed by atoms with Crippen LogP contribution in [0.25, 0.3) is 0 Å². The molecule has 22 heavy (non-hydrogen) atoms. The third kappa shape index (κ3) is 6.51. The van der Waals surface area contributed by atoms with E-state index in [1.165, 1.54) is 32.5 Å². The lowest BCUT2D eigenvalue weighted by molar-refractivity contribution is 0.163. The first-order valence-electron chi connectivity index (χ1n) is 8.01. The first-order valence-corrected chi connectivity index (χ1v) is 8.01. The van der Waals surface area contributed by atoms with Crippen LogP contribution in [-0.2, 0) is 14.0 Å². The van der Waals surface area contributed by atoms with Crippen molar-refractivity contribution in [1.29, 1.82) is 0 Å². The molecule has 0 spiro atoms. The van der Waals surface area contributed by atoms with E-state index < -0.39 is 7.32 Å². The summed E-state index contributed by atoms with van der Waals surface area (Å²) in [7, 11) is 4.02. The van der Waals surface area contributed by atoms with Crippen molar-refractivity contribution in [2.24, 2.45) is 0 Å². The predicted molar refractivity (Wildman–Crippen MR) is 95.5 cm³/mol. The van der Waals surface area contributed by atoms with Crippen LogP contribution in [0.4, 0.5) is 0 Å². The smallest absolute Gasteiger partial charge is 0.389 e. The third-order valence-corrected chi connectivity index (χ3v) is 3.57. The number of hydrogen-bond donors (Lipinski definition) is 0. The molecule has 0 bridgehead atoms. The summed E-state index contributed by atoms with van der Waals surface area (Å²) in [5.41, 5.74) is 4.62. The lowest BCUT2D eigenvalue weighted by atomic mass is 9.83. The Morgan fingerprint density at radius 3 is 1.23 bits per heavy atom. The SMILES string of the molecule is CC(C)c1cccc(C(C)C)c1C(C)C.COB(OC)OC. The van der Waals surface area contributed by atoms with E-state index in [1.807, 2.05) is 0 Å².